The molecule has 3 aliphatic heterocycles. The molecule has 1 N–H and O–H groups in total. The zero-order chi connectivity index (χ0) is 32.6. The number of piperazine rings is 1. The zero-order valence-corrected chi connectivity index (χ0v) is 31.2. The topological polar surface area (TPSA) is 51.2 Å². The Morgan fingerprint density at radius 2 is 1.76 bits per heavy atom. The third kappa shape index (κ3) is 9.22. The Morgan fingerprint density at radius 3 is 2.40 bits per heavy atom. The third-order valence-corrected chi connectivity index (χ3v) is 11.0. The summed E-state index contributed by atoms with van der Waals surface area (Å²) in [6.07, 6.45) is 10.4. The highest BCUT2D eigenvalue weighted by atomic mass is 79.9. The SMILES string of the molecule is CC.CCC1=C(N=CCBr)C(N2CCC(N3CCN(C(=O)CC4CCNCC4)C(C(C)(C)C)C3)CC2)c2ccc(Cl)cc2CC1. The number of nitrogens with zero attached hydrogens (tertiary/aromatic N) is 4. The summed E-state index contributed by atoms with van der Waals surface area (Å²) >= 11 is 10.1. The maximum atomic E-state index is 13.6. The number of amides is 1. The summed E-state index contributed by atoms with van der Waals surface area (Å²) in [4.78, 5) is 26.3. The molecule has 2 atom stereocenters. The maximum absolute atomic E-state index is 13.6. The third-order valence-electron chi connectivity index (χ3n) is 10.5. The van der Waals surface area contributed by atoms with Crippen molar-refractivity contribution in [2.45, 2.75) is 111 Å². The molecule has 1 aliphatic carbocycles. The largest absolute Gasteiger partial charge is 0.337 e. The minimum atomic E-state index is 0.0537. The van der Waals surface area contributed by atoms with Crippen molar-refractivity contribution in [3.63, 3.8) is 0 Å². The normalized spacial score (nSPS) is 24.8. The number of halogens is 2. The van der Waals surface area contributed by atoms with E-state index in [2.05, 4.69) is 81.8 Å². The van der Waals surface area contributed by atoms with Crippen molar-refractivity contribution in [3.8, 4) is 0 Å². The molecule has 4 aliphatic rings. The number of aliphatic imine (C=N–C) groups is 1. The lowest BCUT2D eigenvalue weighted by Crippen LogP contribution is -2.62. The lowest BCUT2D eigenvalue weighted by atomic mass is 9.82. The van der Waals surface area contributed by atoms with Crippen molar-refractivity contribution in [1.82, 2.24) is 20.0 Å². The summed E-state index contributed by atoms with van der Waals surface area (Å²) in [5.41, 5.74) is 5.51. The molecule has 1 aromatic carbocycles. The molecule has 0 saturated carbocycles. The molecule has 3 fully saturated rings. The average molecular weight is 705 g/mol. The fraction of sp³-hybridized carbons (Fsp3) is 0.730. The minimum absolute atomic E-state index is 0.0537. The van der Waals surface area contributed by atoms with E-state index in [0.717, 1.165) is 101 Å². The summed E-state index contributed by atoms with van der Waals surface area (Å²) in [5, 5.41) is 5.03. The van der Waals surface area contributed by atoms with E-state index in [1.807, 2.05) is 20.1 Å². The van der Waals surface area contributed by atoms with Crippen LogP contribution in [-0.2, 0) is 11.2 Å². The van der Waals surface area contributed by atoms with E-state index in [-0.39, 0.29) is 17.5 Å². The number of carbonyl (C=O) groups is 1. The second-order valence-corrected chi connectivity index (χ2v) is 15.3. The van der Waals surface area contributed by atoms with E-state index < -0.39 is 0 Å². The maximum Gasteiger partial charge on any atom is 0.223 e. The quantitative estimate of drug-likeness (QED) is 0.232. The average Bonchev–Trinajstić information content (AvgIpc) is 3.20. The number of likely N-dealkylation sites (tertiary alicyclic amines) is 1. The van der Waals surface area contributed by atoms with Gasteiger partial charge in [-0.05, 0) is 98.2 Å². The van der Waals surface area contributed by atoms with E-state index >= 15 is 0 Å². The molecule has 1 aromatic rings. The molecular formula is C37H59BrClN5O. The first-order valence-corrected chi connectivity index (χ1v) is 19.3. The van der Waals surface area contributed by atoms with Crippen LogP contribution in [0.15, 0.2) is 34.5 Å². The fourth-order valence-corrected chi connectivity index (χ4v) is 8.31. The number of nitrogens with one attached hydrogen (secondary N) is 1. The molecule has 3 saturated heterocycles. The van der Waals surface area contributed by atoms with Gasteiger partial charge in [-0.1, -0.05) is 75.1 Å². The molecule has 0 radical (unpaired) electrons. The van der Waals surface area contributed by atoms with Crippen LogP contribution in [0.3, 0.4) is 0 Å². The number of allylic oxidation sites excluding steroid dienone is 1. The summed E-state index contributed by atoms with van der Waals surface area (Å²) < 4.78 is 0. The molecule has 8 heteroatoms. The van der Waals surface area contributed by atoms with Gasteiger partial charge in [0.15, 0.2) is 0 Å². The van der Waals surface area contributed by atoms with Crippen molar-refractivity contribution in [1.29, 1.82) is 0 Å². The zero-order valence-electron chi connectivity index (χ0n) is 28.9. The number of hydrogen-bond donors (Lipinski definition) is 1. The van der Waals surface area contributed by atoms with Gasteiger partial charge in [0, 0.05) is 67.8 Å². The van der Waals surface area contributed by atoms with Crippen molar-refractivity contribution >= 4 is 39.7 Å². The van der Waals surface area contributed by atoms with Gasteiger partial charge in [-0.2, -0.15) is 0 Å². The second-order valence-electron chi connectivity index (χ2n) is 14.2. The lowest BCUT2D eigenvalue weighted by Gasteiger charge is -2.51. The van der Waals surface area contributed by atoms with Gasteiger partial charge in [0.2, 0.25) is 5.91 Å². The molecule has 6 nitrogen and oxygen atoms in total. The Kier molecular flexibility index (Phi) is 14.0. The fourth-order valence-electron chi connectivity index (χ4n) is 7.97. The standard InChI is InChI=1S/C35H53BrClN5O.C2H6/c1-5-26-6-7-27-23-28(37)8-9-30(27)34(33(26)39-17-14-36)40-18-12-29(13-19-40)41-20-21-42(31(24-41)35(2,3)4)32(43)22-25-10-15-38-16-11-25;1-2/h8-9,17,23,25,29,31,34,38H,5-7,10-16,18-22,24H2,1-4H3;1-2H3. The summed E-state index contributed by atoms with van der Waals surface area (Å²) in [6.45, 7) is 20.3. The number of aryl methyl sites for hydroxylation is 1. The number of alkyl halides is 1. The molecule has 45 heavy (non-hydrogen) atoms. The molecule has 0 bridgehead atoms. The summed E-state index contributed by atoms with van der Waals surface area (Å²) in [7, 11) is 0. The number of piperidine rings is 2. The molecule has 2 unspecified atom stereocenters. The first-order chi connectivity index (χ1) is 21.7. The number of benzene rings is 1. The Bertz CT molecular complexity index is 1170. The first kappa shape index (κ1) is 36.6. The number of fused-ring (bicyclic) bond motifs is 1. The van der Waals surface area contributed by atoms with Crippen LogP contribution in [0.2, 0.25) is 5.02 Å². The van der Waals surface area contributed by atoms with Crippen LogP contribution < -0.4 is 5.32 Å². The van der Waals surface area contributed by atoms with Gasteiger partial charge >= 0.3 is 0 Å². The minimum Gasteiger partial charge on any atom is -0.337 e. The predicted molar refractivity (Wildman–Crippen MR) is 195 cm³/mol. The van der Waals surface area contributed by atoms with Gasteiger partial charge < -0.3 is 10.2 Å². The van der Waals surface area contributed by atoms with Gasteiger partial charge in [-0.3, -0.25) is 19.6 Å². The van der Waals surface area contributed by atoms with Crippen LogP contribution >= 0.6 is 27.5 Å². The van der Waals surface area contributed by atoms with Gasteiger partial charge in [-0.25, -0.2) is 0 Å². The molecule has 0 aromatic heterocycles. The van der Waals surface area contributed by atoms with Crippen molar-refractivity contribution in [2.75, 3.05) is 51.1 Å². The number of rotatable bonds is 7. The van der Waals surface area contributed by atoms with E-state index in [1.165, 1.54) is 22.4 Å². The Balaban J connectivity index is 0.00000226. The van der Waals surface area contributed by atoms with E-state index in [9.17, 15) is 4.79 Å². The van der Waals surface area contributed by atoms with Gasteiger partial charge in [0.1, 0.15) is 0 Å². The van der Waals surface area contributed by atoms with E-state index in [1.54, 1.807) is 0 Å². The Labute approximate surface area is 287 Å². The highest BCUT2D eigenvalue weighted by Gasteiger charge is 2.41. The molecule has 252 valence electrons. The molecule has 5 rings (SSSR count). The van der Waals surface area contributed by atoms with Gasteiger partial charge in [-0.15, -0.1) is 0 Å². The lowest BCUT2D eigenvalue weighted by molar-refractivity contribution is -0.142. The predicted octanol–water partition coefficient (Wildman–Crippen LogP) is 7.90. The highest BCUT2D eigenvalue weighted by Crippen LogP contribution is 2.41. The molecule has 3 heterocycles. The van der Waals surface area contributed by atoms with Crippen LogP contribution in [-0.4, -0.2) is 90.0 Å². The van der Waals surface area contributed by atoms with E-state index in [0.29, 0.717) is 24.3 Å². The first-order valence-electron chi connectivity index (χ1n) is 17.8. The smallest absolute Gasteiger partial charge is 0.223 e. The van der Waals surface area contributed by atoms with Gasteiger partial charge in [0.05, 0.1) is 11.7 Å². The highest BCUT2D eigenvalue weighted by molar-refractivity contribution is 9.09. The summed E-state index contributed by atoms with van der Waals surface area (Å²) in [6, 6.07) is 7.48. The van der Waals surface area contributed by atoms with Crippen LogP contribution in [0.1, 0.15) is 104 Å². The van der Waals surface area contributed by atoms with E-state index in [4.69, 9.17) is 16.6 Å². The summed E-state index contributed by atoms with van der Waals surface area (Å²) in [5.74, 6) is 0.913. The second kappa shape index (κ2) is 17.2. The van der Waals surface area contributed by atoms with Crippen molar-refractivity contribution < 1.29 is 4.79 Å². The monoisotopic (exact) mass is 703 g/mol. The molecule has 0 spiro atoms. The van der Waals surface area contributed by atoms with Crippen LogP contribution in [0, 0.1) is 11.3 Å². The van der Waals surface area contributed by atoms with Crippen molar-refractivity contribution in [3.05, 3.63) is 45.6 Å². The van der Waals surface area contributed by atoms with Gasteiger partial charge in [0.25, 0.3) is 0 Å². The Morgan fingerprint density at radius 1 is 1.04 bits per heavy atom. The van der Waals surface area contributed by atoms with Crippen LogP contribution in [0.5, 0.6) is 0 Å². The number of hydrogen-bond acceptors (Lipinski definition) is 5. The van der Waals surface area contributed by atoms with Crippen molar-refractivity contribution in [2.24, 2.45) is 16.3 Å². The molecular weight excluding hydrogens is 646 g/mol. The Hall–Kier alpha value is -1.25. The molecule has 1 amide bonds. The number of carbonyl (C=O) groups excluding carboxylic acids is 1. The van der Waals surface area contributed by atoms with Crippen LogP contribution in [0.4, 0.5) is 0 Å². The van der Waals surface area contributed by atoms with Crippen LogP contribution in [0.25, 0.3) is 0 Å².